The van der Waals surface area contributed by atoms with Crippen molar-refractivity contribution in [3.8, 4) is 0 Å². The Morgan fingerprint density at radius 2 is 0.650 bits per heavy atom. The molecule has 2 heteroatoms. The molecule has 3 aliphatic carbocycles. The number of hydrogen-bond donors (Lipinski definition) is 0. The molecule has 20 heavy (non-hydrogen) atoms. The molecule has 0 nitrogen and oxygen atoms in total. The van der Waals surface area contributed by atoms with E-state index in [1.165, 1.54) is 11.8 Å². The molecule has 116 valence electrons. The van der Waals surface area contributed by atoms with Crippen LogP contribution in [0.4, 0.5) is 0 Å². The van der Waals surface area contributed by atoms with Crippen molar-refractivity contribution in [3.05, 3.63) is 0 Å². The maximum absolute atomic E-state index is 1.67. The fourth-order valence-electron chi connectivity index (χ4n) is 5.31. The predicted octanol–water partition coefficient (Wildman–Crippen LogP) is 3.49. The van der Waals surface area contributed by atoms with Gasteiger partial charge in [0.2, 0.25) is 0 Å². The first-order valence-corrected chi connectivity index (χ1v) is 14.3. The van der Waals surface area contributed by atoms with Crippen LogP contribution < -0.4 is 24.0 Å². The third-order valence-corrected chi connectivity index (χ3v) is 19.2. The molecule has 0 amide bonds. The molecule has 0 unspecified atom stereocenters. The molecular weight excluding hydrogens is 462 g/mol. The van der Waals surface area contributed by atoms with E-state index in [-0.39, 0.29) is 24.0 Å². The first kappa shape index (κ1) is 17.9. The number of hydrogen-bond acceptors (Lipinski definition) is 0. The zero-order valence-corrected chi connectivity index (χ0v) is 18.2. The van der Waals surface area contributed by atoms with Crippen LogP contribution in [-0.2, 0) is 0 Å². The topological polar surface area (TPSA) is 0 Å². The normalized spacial score (nSPS) is 27.0. The van der Waals surface area contributed by atoms with Gasteiger partial charge in [0.15, 0.2) is 0 Å². The van der Waals surface area contributed by atoms with Crippen LogP contribution in [0, 0.1) is 0 Å². The van der Waals surface area contributed by atoms with Gasteiger partial charge in [0.05, 0.1) is 0 Å². The standard InChI is InChI=1S/3C6H11.HI.Sn/c3*1-2-4-6-5-3-1;;/h3*1H,2-6H2;1H;/q;;;;+1/p-1. The maximum atomic E-state index is 1.67. The first-order valence-electron chi connectivity index (χ1n) is 9.32. The van der Waals surface area contributed by atoms with Crippen LogP contribution in [0.5, 0.6) is 0 Å². The van der Waals surface area contributed by atoms with Crippen molar-refractivity contribution in [2.75, 3.05) is 0 Å². The second kappa shape index (κ2) is 9.62. The Bertz CT molecular complexity index is 207. The molecule has 0 spiro atoms. The van der Waals surface area contributed by atoms with Crippen LogP contribution >= 0.6 is 0 Å². The molecule has 0 bridgehead atoms. The molecule has 0 saturated heterocycles. The summed E-state index contributed by atoms with van der Waals surface area (Å²) in [5, 5.41) is 0. The third-order valence-electron chi connectivity index (χ3n) is 6.23. The van der Waals surface area contributed by atoms with Gasteiger partial charge in [-0.2, -0.15) is 0 Å². The van der Waals surface area contributed by atoms with E-state index in [1.807, 2.05) is 0 Å². The van der Waals surface area contributed by atoms with Crippen LogP contribution in [0.1, 0.15) is 96.3 Å². The Labute approximate surface area is 151 Å². The third kappa shape index (κ3) is 4.76. The fraction of sp³-hybridized carbons (Fsp3) is 1.00. The molecule has 3 rings (SSSR count). The van der Waals surface area contributed by atoms with Crippen molar-refractivity contribution >= 4 is 19.8 Å². The van der Waals surface area contributed by atoms with E-state index < -0.39 is 19.8 Å². The minimum atomic E-state index is -1.15. The van der Waals surface area contributed by atoms with Crippen LogP contribution in [0.2, 0.25) is 11.8 Å². The van der Waals surface area contributed by atoms with Gasteiger partial charge in [-0.25, -0.2) is 0 Å². The van der Waals surface area contributed by atoms with Gasteiger partial charge < -0.3 is 24.0 Å². The summed E-state index contributed by atoms with van der Waals surface area (Å²) in [6.45, 7) is 0. The number of halogens is 1. The largest absolute Gasteiger partial charge is 1.00 e. The average molecular weight is 495 g/mol. The molecule has 3 aliphatic rings. The van der Waals surface area contributed by atoms with Gasteiger partial charge in [0.25, 0.3) is 0 Å². The molecular formula is C18H33ISn. The molecule has 0 heterocycles. The van der Waals surface area contributed by atoms with E-state index in [2.05, 4.69) is 0 Å². The van der Waals surface area contributed by atoms with Crippen LogP contribution in [0.3, 0.4) is 0 Å². The second-order valence-electron chi connectivity index (χ2n) is 7.50. The van der Waals surface area contributed by atoms with Gasteiger partial charge >= 0.3 is 128 Å². The summed E-state index contributed by atoms with van der Waals surface area (Å²) in [6, 6.07) is 0. The van der Waals surface area contributed by atoms with E-state index in [4.69, 9.17) is 0 Å². The Balaban J connectivity index is 0.00000147. The van der Waals surface area contributed by atoms with Gasteiger partial charge in [-0.3, -0.25) is 0 Å². The molecule has 0 N–H and O–H groups in total. The second-order valence-corrected chi connectivity index (χ2v) is 17.3. The molecule has 0 radical (unpaired) electrons. The average Bonchev–Trinajstić information content (AvgIpc) is 2.51. The zero-order valence-electron chi connectivity index (χ0n) is 13.2. The van der Waals surface area contributed by atoms with Gasteiger partial charge in [0, 0.05) is 0 Å². The predicted molar refractivity (Wildman–Crippen MR) is 86.3 cm³/mol. The summed E-state index contributed by atoms with van der Waals surface area (Å²) in [5.41, 5.74) is 0. The fourth-order valence-corrected chi connectivity index (χ4v) is 20.2. The van der Waals surface area contributed by atoms with Crippen molar-refractivity contribution in [1.29, 1.82) is 0 Å². The zero-order chi connectivity index (χ0) is 12.9. The van der Waals surface area contributed by atoms with E-state index in [0.29, 0.717) is 0 Å². The van der Waals surface area contributed by atoms with Crippen molar-refractivity contribution < 1.29 is 24.0 Å². The van der Waals surface area contributed by atoms with Crippen LogP contribution in [-0.4, -0.2) is 19.8 Å². The minimum Gasteiger partial charge on any atom is -1.00 e. The SMILES string of the molecule is C1CC[CH]([Sn+]([CH]2CCCCC2)[CH]2CCCCC2)CC1.[I-]. The monoisotopic (exact) mass is 496 g/mol. The molecule has 3 fully saturated rings. The van der Waals surface area contributed by atoms with Crippen LogP contribution in [0.15, 0.2) is 0 Å². The smallest absolute Gasteiger partial charge is 1.00 e. The first-order chi connectivity index (χ1) is 9.45. The van der Waals surface area contributed by atoms with Crippen molar-refractivity contribution in [2.45, 2.75) is 108 Å². The van der Waals surface area contributed by atoms with Crippen molar-refractivity contribution in [2.24, 2.45) is 0 Å². The Morgan fingerprint density at radius 1 is 0.400 bits per heavy atom. The molecule has 0 aromatic carbocycles. The van der Waals surface area contributed by atoms with Crippen molar-refractivity contribution in [3.63, 3.8) is 0 Å². The van der Waals surface area contributed by atoms with E-state index >= 15 is 0 Å². The van der Waals surface area contributed by atoms with Crippen LogP contribution in [0.25, 0.3) is 0 Å². The Hall–Kier alpha value is 1.53. The summed E-state index contributed by atoms with van der Waals surface area (Å²) < 4.78 is 3.96. The van der Waals surface area contributed by atoms with E-state index in [1.54, 1.807) is 96.3 Å². The molecule has 0 aromatic heterocycles. The van der Waals surface area contributed by atoms with Crippen molar-refractivity contribution in [1.82, 2.24) is 0 Å². The summed E-state index contributed by atoms with van der Waals surface area (Å²) >= 11 is -1.15. The molecule has 0 aromatic rings. The molecule has 0 atom stereocenters. The molecule has 3 saturated carbocycles. The van der Waals surface area contributed by atoms with Gasteiger partial charge in [-0.15, -0.1) is 0 Å². The summed E-state index contributed by atoms with van der Waals surface area (Å²) in [7, 11) is 0. The van der Waals surface area contributed by atoms with E-state index in [0.717, 1.165) is 0 Å². The summed E-state index contributed by atoms with van der Waals surface area (Å²) in [4.78, 5) is 0. The Kier molecular flexibility index (Phi) is 8.60. The van der Waals surface area contributed by atoms with Gasteiger partial charge in [-0.05, 0) is 0 Å². The quantitative estimate of drug-likeness (QED) is 0.416. The minimum absolute atomic E-state index is 0. The number of rotatable bonds is 3. The summed E-state index contributed by atoms with van der Waals surface area (Å²) in [5.74, 6) is 0. The molecule has 0 aliphatic heterocycles. The maximum Gasteiger partial charge on any atom is -1.00 e. The Morgan fingerprint density at radius 3 is 0.900 bits per heavy atom. The summed E-state index contributed by atoms with van der Waals surface area (Å²) in [6.07, 6.45) is 24.2. The van der Waals surface area contributed by atoms with E-state index in [9.17, 15) is 0 Å². The van der Waals surface area contributed by atoms with Gasteiger partial charge in [0.1, 0.15) is 0 Å². The van der Waals surface area contributed by atoms with Gasteiger partial charge in [-0.1, -0.05) is 0 Å².